The van der Waals surface area contributed by atoms with E-state index < -0.39 is 52.8 Å². The maximum atomic E-state index is 13.7. The molecular formula is C32H28Cl2F6N4O3. The van der Waals surface area contributed by atoms with Gasteiger partial charge < -0.3 is 14.7 Å². The molecule has 1 unspecified atom stereocenters. The van der Waals surface area contributed by atoms with E-state index in [1.807, 2.05) is 30.3 Å². The molecule has 7 nitrogen and oxygen atoms in total. The van der Waals surface area contributed by atoms with Crippen LogP contribution in [0.5, 0.6) is 0 Å². The Bertz CT molecular complexity index is 1610. The average molecular weight is 701 g/mol. The Hall–Kier alpha value is -3.81. The molecule has 0 saturated carbocycles. The van der Waals surface area contributed by atoms with Crippen LogP contribution in [0.1, 0.15) is 38.7 Å². The molecule has 0 N–H and O–H groups in total. The monoisotopic (exact) mass is 700 g/mol. The van der Waals surface area contributed by atoms with Gasteiger partial charge in [0.1, 0.15) is 0 Å². The summed E-state index contributed by atoms with van der Waals surface area (Å²) in [6.07, 6.45) is -10.3. The summed E-state index contributed by atoms with van der Waals surface area (Å²) in [7, 11) is 0. The van der Waals surface area contributed by atoms with Crippen molar-refractivity contribution in [3.05, 3.63) is 105 Å². The van der Waals surface area contributed by atoms with Crippen molar-refractivity contribution < 1.29 is 40.7 Å². The van der Waals surface area contributed by atoms with E-state index in [0.717, 1.165) is 10.5 Å². The molecule has 3 amide bonds. The lowest BCUT2D eigenvalue weighted by molar-refractivity contribution is -0.155. The molecule has 3 aromatic carbocycles. The number of piperazine rings is 2. The number of carbonyl (C=O) groups is 3. The third kappa shape index (κ3) is 8.02. The summed E-state index contributed by atoms with van der Waals surface area (Å²) in [5.74, 6) is -2.72. The quantitative estimate of drug-likeness (QED) is 0.234. The fourth-order valence-electron chi connectivity index (χ4n) is 5.69. The van der Waals surface area contributed by atoms with E-state index in [1.165, 1.54) is 28.0 Å². The molecule has 2 fully saturated rings. The summed E-state index contributed by atoms with van der Waals surface area (Å²) in [6, 6.07) is 13.8. The first-order valence-electron chi connectivity index (χ1n) is 14.5. The highest BCUT2D eigenvalue weighted by Crippen LogP contribution is 2.37. The van der Waals surface area contributed by atoms with Crippen LogP contribution in [0.25, 0.3) is 0 Å². The number of alkyl halides is 6. The fourth-order valence-corrected chi connectivity index (χ4v) is 5.99. The number of amides is 3. The Labute approximate surface area is 276 Å². The summed E-state index contributed by atoms with van der Waals surface area (Å²) in [5.41, 5.74) is -2.59. The van der Waals surface area contributed by atoms with Gasteiger partial charge in [0.15, 0.2) is 0 Å². The molecule has 0 aromatic heterocycles. The largest absolute Gasteiger partial charge is 0.416 e. The Morgan fingerprint density at radius 3 is 1.85 bits per heavy atom. The summed E-state index contributed by atoms with van der Waals surface area (Å²) in [6.45, 7) is 1.53. The van der Waals surface area contributed by atoms with Gasteiger partial charge in [-0.3, -0.25) is 19.3 Å². The molecule has 0 bridgehead atoms. The average Bonchev–Trinajstić information content (AvgIpc) is 3.04. The van der Waals surface area contributed by atoms with Crippen LogP contribution in [0.3, 0.4) is 0 Å². The van der Waals surface area contributed by atoms with E-state index in [9.17, 15) is 40.7 Å². The van der Waals surface area contributed by atoms with Gasteiger partial charge in [-0.25, -0.2) is 0 Å². The smallest absolute Gasteiger partial charge is 0.334 e. The lowest BCUT2D eigenvalue weighted by Crippen LogP contribution is -2.57. The minimum atomic E-state index is -5.14. The zero-order valence-corrected chi connectivity index (χ0v) is 26.1. The molecule has 0 aliphatic carbocycles. The van der Waals surface area contributed by atoms with Crippen molar-refractivity contribution in [2.45, 2.75) is 24.9 Å². The second-order valence-corrected chi connectivity index (χ2v) is 12.1. The van der Waals surface area contributed by atoms with Gasteiger partial charge in [-0.1, -0.05) is 59.6 Å². The topological polar surface area (TPSA) is 64.2 Å². The van der Waals surface area contributed by atoms with Crippen LogP contribution in [-0.4, -0.2) is 83.1 Å². The lowest BCUT2D eigenvalue weighted by Gasteiger charge is -2.42. The first kappa shape index (κ1) is 34.5. The van der Waals surface area contributed by atoms with Gasteiger partial charge in [0, 0.05) is 57.9 Å². The van der Waals surface area contributed by atoms with Crippen molar-refractivity contribution in [2.75, 3.05) is 45.8 Å². The minimum Gasteiger partial charge on any atom is -0.334 e. The number of halogens is 8. The number of hydrogen-bond donors (Lipinski definition) is 0. The summed E-state index contributed by atoms with van der Waals surface area (Å²) >= 11 is 12.3. The molecule has 250 valence electrons. The Kier molecular flexibility index (Phi) is 10.1. The highest BCUT2D eigenvalue weighted by Gasteiger charge is 2.41. The fraction of sp³-hybridized carbons (Fsp3) is 0.344. The van der Waals surface area contributed by atoms with Crippen molar-refractivity contribution in [2.24, 2.45) is 0 Å². The predicted molar refractivity (Wildman–Crippen MR) is 162 cm³/mol. The Morgan fingerprint density at radius 1 is 0.681 bits per heavy atom. The third-order valence-electron chi connectivity index (χ3n) is 8.18. The van der Waals surface area contributed by atoms with Crippen molar-refractivity contribution in [1.82, 2.24) is 19.6 Å². The number of nitrogens with zero attached hydrogens (tertiary/aromatic N) is 4. The van der Waals surface area contributed by atoms with E-state index in [1.54, 1.807) is 0 Å². The SMILES string of the molecule is O=C(C(=O)N1CCN(C(=O)c2cc(C(F)(F)F)cc(C(F)(F)F)c2)CC1c1ccc(Cl)c(Cl)c1)N1CCN(Cc2ccccc2)CC1. The zero-order chi connectivity index (χ0) is 34.1. The summed E-state index contributed by atoms with van der Waals surface area (Å²) in [4.78, 5) is 46.4. The Balaban J connectivity index is 1.36. The van der Waals surface area contributed by atoms with Crippen molar-refractivity contribution in [1.29, 1.82) is 0 Å². The molecular weight excluding hydrogens is 673 g/mol. The van der Waals surface area contributed by atoms with Crippen LogP contribution in [0.4, 0.5) is 26.3 Å². The molecule has 1 atom stereocenters. The zero-order valence-electron chi connectivity index (χ0n) is 24.6. The molecule has 2 aliphatic heterocycles. The van der Waals surface area contributed by atoms with Crippen molar-refractivity contribution in [3.63, 3.8) is 0 Å². The maximum absolute atomic E-state index is 13.7. The highest BCUT2D eigenvalue weighted by molar-refractivity contribution is 6.42. The number of hydrogen-bond acceptors (Lipinski definition) is 4. The van der Waals surface area contributed by atoms with Gasteiger partial charge in [-0.15, -0.1) is 0 Å². The molecule has 5 rings (SSSR count). The van der Waals surface area contributed by atoms with E-state index in [4.69, 9.17) is 23.2 Å². The van der Waals surface area contributed by atoms with Crippen LogP contribution >= 0.6 is 23.2 Å². The van der Waals surface area contributed by atoms with E-state index in [2.05, 4.69) is 4.90 Å². The molecule has 2 aliphatic rings. The maximum Gasteiger partial charge on any atom is 0.416 e. The highest BCUT2D eigenvalue weighted by atomic mass is 35.5. The van der Waals surface area contributed by atoms with Crippen LogP contribution in [0, 0.1) is 0 Å². The first-order chi connectivity index (χ1) is 22.1. The third-order valence-corrected chi connectivity index (χ3v) is 8.92. The van der Waals surface area contributed by atoms with Gasteiger partial charge in [0.25, 0.3) is 5.91 Å². The van der Waals surface area contributed by atoms with E-state index >= 15 is 0 Å². The van der Waals surface area contributed by atoms with Gasteiger partial charge >= 0.3 is 24.2 Å². The minimum absolute atomic E-state index is 0.0565. The standard InChI is InChI=1S/C32H28Cl2F6N4O3/c33-25-7-6-21(16-26(25)34)27-19-43(28(45)22-14-23(31(35,36)37)17-24(15-22)32(38,39)40)12-13-44(27)30(47)29(46)42-10-8-41(9-11-42)18-20-4-2-1-3-5-20/h1-7,14-17,27H,8-13,18-19H2. The predicted octanol–water partition coefficient (Wildman–Crippen LogP) is 6.40. The summed E-state index contributed by atoms with van der Waals surface area (Å²) in [5, 5.41) is 0.290. The Morgan fingerprint density at radius 2 is 1.28 bits per heavy atom. The second-order valence-electron chi connectivity index (χ2n) is 11.3. The second kappa shape index (κ2) is 13.7. The van der Waals surface area contributed by atoms with Gasteiger partial charge in [-0.05, 0) is 41.5 Å². The lowest BCUT2D eigenvalue weighted by atomic mass is 9.99. The van der Waals surface area contributed by atoms with E-state index in [-0.39, 0.29) is 35.7 Å². The number of benzene rings is 3. The molecule has 0 spiro atoms. The molecule has 15 heteroatoms. The molecule has 2 heterocycles. The van der Waals surface area contributed by atoms with Crippen LogP contribution < -0.4 is 0 Å². The van der Waals surface area contributed by atoms with Crippen LogP contribution in [0.15, 0.2) is 66.7 Å². The van der Waals surface area contributed by atoms with Crippen molar-refractivity contribution >= 4 is 40.9 Å². The van der Waals surface area contributed by atoms with Gasteiger partial charge in [-0.2, -0.15) is 26.3 Å². The van der Waals surface area contributed by atoms with Crippen LogP contribution in [-0.2, 0) is 28.5 Å². The molecule has 3 aromatic rings. The van der Waals surface area contributed by atoms with Gasteiger partial charge in [0.2, 0.25) is 0 Å². The summed E-state index contributed by atoms with van der Waals surface area (Å²) < 4.78 is 80.9. The molecule has 0 radical (unpaired) electrons. The van der Waals surface area contributed by atoms with Gasteiger partial charge in [0.05, 0.1) is 27.2 Å². The first-order valence-corrected chi connectivity index (χ1v) is 15.3. The number of rotatable bonds is 4. The number of carbonyl (C=O) groups excluding carboxylic acids is 3. The van der Waals surface area contributed by atoms with E-state index in [0.29, 0.717) is 50.4 Å². The van der Waals surface area contributed by atoms with Crippen LogP contribution in [0.2, 0.25) is 10.0 Å². The normalized spacial score (nSPS) is 18.0. The van der Waals surface area contributed by atoms with Crippen molar-refractivity contribution in [3.8, 4) is 0 Å². The molecule has 2 saturated heterocycles. The molecule has 47 heavy (non-hydrogen) atoms.